The maximum atomic E-state index is 8.83. The number of aromatic nitrogens is 1. The van der Waals surface area contributed by atoms with E-state index in [1.807, 2.05) is 60.3 Å². The first kappa shape index (κ1) is 22.9. The Balaban J connectivity index is 1.86. The number of aryl methyl sites for hydroxylation is 1. The van der Waals surface area contributed by atoms with Crippen molar-refractivity contribution in [1.29, 1.82) is 5.41 Å². The summed E-state index contributed by atoms with van der Waals surface area (Å²) in [4.78, 5) is 4.73. The predicted molar refractivity (Wildman–Crippen MR) is 129 cm³/mol. The highest BCUT2D eigenvalue weighted by molar-refractivity contribution is 6.39. The summed E-state index contributed by atoms with van der Waals surface area (Å²) in [6, 6.07) is 13.2. The number of allylic oxidation sites excluding steroid dienone is 2. The van der Waals surface area contributed by atoms with Crippen LogP contribution in [0.2, 0.25) is 0 Å². The molecule has 1 fully saturated rings. The van der Waals surface area contributed by atoms with Crippen LogP contribution >= 0.6 is 11.6 Å². The van der Waals surface area contributed by atoms with Crippen molar-refractivity contribution in [3.8, 4) is 0 Å². The van der Waals surface area contributed by atoms with Crippen molar-refractivity contribution in [2.75, 3.05) is 46.3 Å². The number of nitrogens with one attached hydrogen (secondary N) is 2. The summed E-state index contributed by atoms with van der Waals surface area (Å²) in [6.45, 7) is 5.74. The van der Waals surface area contributed by atoms with E-state index in [1.54, 1.807) is 0 Å². The van der Waals surface area contributed by atoms with Gasteiger partial charge in [0.15, 0.2) is 0 Å². The van der Waals surface area contributed by atoms with E-state index >= 15 is 0 Å². The van der Waals surface area contributed by atoms with Gasteiger partial charge in [-0.05, 0) is 24.7 Å². The fourth-order valence-corrected chi connectivity index (χ4v) is 3.90. The first-order chi connectivity index (χ1) is 14.9. The Hall–Kier alpha value is -2.74. The smallest absolute Gasteiger partial charge is 0.107 e. The SMILES string of the molecule is CN1CCN(CCN/C(N)=C(C(=N)c2cccn2C)/C(Cl)=C(\N)c2ccccc2)CC1. The van der Waals surface area contributed by atoms with E-state index in [1.165, 1.54) is 0 Å². The largest absolute Gasteiger partial charge is 0.397 e. The summed E-state index contributed by atoms with van der Waals surface area (Å²) in [5, 5.41) is 12.4. The Morgan fingerprint density at radius 3 is 2.32 bits per heavy atom. The lowest BCUT2D eigenvalue weighted by Crippen LogP contribution is -2.46. The molecule has 0 saturated carbocycles. The molecule has 8 heteroatoms. The molecule has 6 N–H and O–H groups in total. The highest BCUT2D eigenvalue weighted by Gasteiger charge is 2.21. The quantitative estimate of drug-likeness (QED) is 0.371. The molecule has 31 heavy (non-hydrogen) atoms. The molecule has 2 aromatic rings. The lowest BCUT2D eigenvalue weighted by molar-refractivity contribution is 0.155. The van der Waals surface area contributed by atoms with Crippen molar-refractivity contribution in [2.24, 2.45) is 18.5 Å². The van der Waals surface area contributed by atoms with Crippen LogP contribution in [-0.2, 0) is 7.05 Å². The van der Waals surface area contributed by atoms with Gasteiger partial charge in [-0.15, -0.1) is 0 Å². The molecule has 0 atom stereocenters. The molecule has 1 aliphatic heterocycles. The number of nitrogens with zero attached hydrogens (tertiary/aromatic N) is 3. The molecule has 7 nitrogen and oxygen atoms in total. The molecule has 0 spiro atoms. The molecule has 1 saturated heterocycles. The highest BCUT2D eigenvalue weighted by Crippen LogP contribution is 2.27. The van der Waals surface area contributed by atoms with E-state index in [0.717, 1.165) is 38.3 Å². The van der Waals surface area contributed by atoms with Gasteiger partial charge in [0.1, 0.15) is 5.82 Å². The van der Waals surface area contributed by atoms with Gasteiger partial charge in [-0.25, -0.2) is 0 Å². The molecule has 1 aromatic heterocycles. The standard InChI is InChI=1S/C23H32ClN7/c1-29-13-15-31(16-14-29)12-10-28-23(27)19(22(26)18-9-6-11-30(18)2)20(24)21(25)17-7-4-3-5-8-17/h3-9,11,26,28H,10,12-16,25,27H2,1-2H3/b21-20+,23-19-,26-22?. The van der Waals surface area contributed by atoms with Crippen molar-refractivity contribution in [3.63, 3.8) is 0 Å². The second-order valence-electron chi connectivity index (χ2n) is 7.83. The molecule has 0 aliphatic carbocycles. The Bertz CT molecular complexity index is 953. The molecule has 3 rings (SSSR count). The average molecular weight is 442 g/mol. The maximum Gasteiger partial charge on any atom is 0.107 e. The third-order valence-corrected chi connectivity index (χ3v) is 5.99. The topological polar surface area (TPSA) is 99.3 Å². The first-order valence-corrected chi connectivity index (χ1v) is 10.8. The normalized spacial score (nSPS) is 17.1. The summed E-state index contributed by atoms with van der Waals surface area (Å²) in [6.07, 6.45) is 1.89. The third kappa shape index (κ3) is 5.70. The Morgan fingerprint density at radius 2 is 1.71 bits per heavy atom. The number of rotatable bonds is 8. The number of hydrogen-bond acceptors (Lipinski definition) is 6. The van der Waals surface area contributed by atoms with Gasteiger partial charge in [0.2, 0.25) is 0 Å². The lowest BCUT2D eigenvalue weighted by atomic mass is 10.0. The van der Waals surface area contributed by atoms with Crippen LogP contribution < -0.4 is 16.8 Å². The van der Waals surface area contributed by atoms with Crippen molar-refractivity contribution < 1.29 is 0 Å². The van der Waals surface area contributed by atoms with E-state index in [-0.39, 0.29) is 10.7 Å². The highest BCUT2D eigenvalue weighted by atomic mass is 35.5. The molecular formula is C23H32ClN7. The van der Waals surface area contributed by atoms with Crippen molar-refractivity contribution in [3.05, 3.63) is 76.3 Å². The molecule has 0 radical (unpaired) electrons. The van der Waals surface area contributed by atoms with Crippen LogP contribution in [0.4, 0.5) is 0 Å². The summed E-state index contributed by atoms with van der Waals surface area (Å²) >= 11 is 6.75. The Morgan fingerprint density at radius 1 is 1.03 bits per heavy atom. The molecule has 0 bridgehead atoms. The van der Waals surface area contributed by atoms with Gasteiger partial charge >= 0.3 is 0 Å². The van der Waals surface area contributed by atoms with Crippen LogP contribution in [0.5, 0.6) is 0 Å². The molecule has 166 valence electrons. The van der Waals surface area contributed by atoms with E-state index in [4.69, 9.17) is 28.5 Å². The minimum Gasteiger partial charge on any atom is -0.397 e. The van der Waals surface area contributed by atoms with Gasteiger partial charge < -0.3 is 26.3 Å². The fourth-order valence-electron chi connectivity index (χ4n) is 3.60. The van der Waals surface area contributed by atoms with Gasteiger partial charge in [-0.2, -0.15) is 0 Å². The van der Waals surface area contributed by atoms with Gasteiger partial charge in [0, 0.05) is 52.5 Å². The van der Waals surface area contributed by atoms with E-state index in [9.17, 15) is 0 Å². The fraction of sp³-hybridized carbons (Fsp3) is 0.348. The summed E-state index contributed by atoms with van der Waals surface area (Å²) in [5.41, 5.74) is 15.3. The molecule has 1 aliphatic rings. The number of likely N-dealkylation sites (N-methyl/N-ethyl adjacent to an activating group) is 1. The van der Waals surface area contributed by atoms with Crippen LogP contribution in [0.15, 0.2) is 65.1 Å². The van der Waals surface area contributed by atoms with Crippen LogP contribution in [0.3, 0.4) is 0 Å². The number of piperazine rings is 1. The van der Waals surface area contributed by atoms with E-state index in [2.05, 4.69) is 22.2 Å². The molecule has 0 unspecified atom stereocenters. The zero-order chi connectivity index (χ0) is 22.4. The van der Waals surface area contributed by atoms with Crippen molar-refractivity contribution in [1.82, 2.24) is 19.7 Å². The van der Waals surface area contributed by atoms with E-state index in [0.29, 0.717) is 29.3 Å². The number of hydrogen-bond donors (Lipinski definition) is 4. The monoisotopic (exact) mass is 441 g/mol. The minimum absolute atomic E-state index is 0.223. The summed E-state index contributed by atoms with van der Waals surface area (Å²) < 4.78 is 1.86. The molecule has 2 heterocycles. The zero-order valence-corrected chi connectivity index (χ0v) is 19.0. The summed E-state index contributed by atoms with van der Waals surface area (Å²) in [7, 11) is 4.03. The van der Waals surface area contributed by atoms with Gasteiger partial charge in [0.25, 0.3) is 0 Å². The van der Waals surface area contributed by atoms with Crippen LogP contribution in [-0.4, -0.2) is 66.4 Å². The predicted octanol–water partition coefficient (Wildman–Crippen LogP) is 1.97. The minimum atomic E-state index is 0.223. The summed E-state index contributed by atoms with van der Waals surface area (Å²) in [5.74, 6) is 0.351. The van der Waals surface area contributed by atoms with Gasteiger partial charge in [-0.3, -0.25) is 10.3 Å². The van der Waals surface area contributed by atoms with E-state index < -0.39 is 0 Å². The van der Waals surface area contributed by atoms with Crippen LogP contribution in [0.25, 0.3) is 5.70 Å². The van der Waals surface area contributed by atoms with Gasteiger partial charge in [-0.1, -0.05) is 41.9 Å². The number of halogens is 1. The second kappa shape index (κ2) is 10.5. The third-order valence-electron chi connectivity index (χ3n) is 5.60. The first-order valence-electron chi connectivity index (χ1n) is 10.4. The van der Waals surface area contributed by atoms with Gasteiger partial charge in [0.05, 0.1) is 27.7 Å². The molecular weight excluding hydrogens is 410 g/mol. The lowest BCUT2D eigenvalue weighted by Gasteiger charge is -2.32. The molecule has 1 aromatic carbocycles. The average Bonchev–Trinajstić information content (AvgIpc) is 3.21. The van der Waals surface area contributed by atoms with Crippen LogP contribution in [0, 0.1) is 5.41 Å². The second-order valence-corrected chi connectivity index (χ2v) is 8.21. The Kier molecular flexibility index (Phi) is 7.79. The molecule has 0 amide bonds. The Labute approximate surface area is 189 Å². The zero-order valence-electron chi connectivity index (χ0n) is 18.2. The van der Waals surface area contributed by atoms with Crippen molar-refractivity contribution >= 4 is 23.0 Å². The number of nitrogens with two attached hydrogens (primary N) is 2. The van der Waals surface area contributed by atoms with Crippen LogP contribution in [0.1, 0.15) is 11.3 Å². The number of benzene rings is 1. The van der Waals surface area contributed by atoms with Crippen molar-refractivity contribution in [2.45, 2.75) is 0 Å². The maximum absolute atomic E-state index is 8.83.